The highest BCUT2D eigenvalue weighted by Gasteiger charge is 2.27. The van der Waals surface area contributed by atoms with E-state index in [0.29, 0.717) is 39.0 Å². The van der Waals surface area contributed by atoms with Crippen molar-refractivity contribution in [2.75, 3.05) is 19.7 Å². The van der Waals surface area contributed by atoms with E-state index in [1.54, 1.807) is 17.0 Å². The number of benzene rings is 3. The number of hydrogen-bond acceptors (Lipinski definition) is 4. The molecule has 7 nitrogen and oxygen atoms in total. The van der Waals surface area contributed by atoms with Crippen molar-refractivity contribution in [3.8, 4) is 0 Å². The number of ether oxygens (including phenoxy) is 1. The molecule has 1 saturated heterocycles. The zero-order chi connectivity index (χ0) is 26.5. The average Bonchev–Trinajstić information content (AvgIpc) is 3.28. The molecular weight excluding hydrogens is 483 g/mol. The monoisotopic (exact) mass is 516 g/mol. The van der Waals surface area contributed by atoms with Crippen molar-refractivity contribution in [3.05, 3.63) is 106 Å². The Balaban J connectivity index is 1.18. The van der Waals surface area contributed by atoms with Crippen LogP contribution in [0.4, 0.5) is 9.18 Å². The van der Waals surface area contributed by atoms with Gasteiger partial charge in [-0.15, -0.1) is 0 Å². The first-order valence-electron chi connectivity index (χ1n) is 13.1. The van der Waals surface area contributed by atoms with Crippen molar-refractivity contribution in [1.29, 1.82) is 0 Å². The molecule has 0 aliphatic carbocycles. The van der Waals surface area contributed by atoms with E-state index in [2.05, 4.69) is 22.0 Å². The second kappa shape index (κ2) is 11.6. The number of para-hydroxylation sites is 2. The third-order valence-electron chi connectivity index (χ3n) is 7.31. The van der Waals surface area contributed by atoms with Crippen LogP contribution in [0.3, 0.4) is 0 Å². The molecule has 8 heteroatoms. The number of H-pyrrole nitrogens is 1. The summed E-state index contributed by atoms with van der Waals surface area (Å²) in [7, 11) is 0. The lowest BCUT2D eigenvalue weighted by Crippen LogP contribution is -2.42. The first-order valence-corrected chi connectivity index (χ1v) is 13.1. The third-order valence-corrected chi connectivity index (χ3v) is 7.31. The quantitative estimate of drug-likeness (QED) is 0.344. The van der Waals surface area contributed by atoms with Crippen LogP contribution in [0.2, 0.25) is 0 Å². The highest BCUT2D eigenvalue weighted by atomic mass is 19.1. The number of imidazole rings is 1. The summed E-state index contributed by atoms with van der Waals surface area (Å²) in [5, 5.41) is 0. The molecule has 1 N–H and O–H groups in total. The zero-order valence-corrected chi connectivity index (χ0v) is 21.6. The lowest BCUT2D eigenvalue weighted by atomic mass is 10.0. The second-order valence-electron chi connectivity index (χ2n) is 9.98. The van der Waals surface area contributed by atoms with E-state index in [-0.39, 0.29) is 36.3 Å². The molecule has 4 aromatic rings. The number of hydrogen-bond donors (Lipinski definition) is 1. The lowest BCUT2D eigenvalue weighted by Gasteiger charge is -2.33. The molecule has 1 aliphatic rings. The standard InChI is InChI=1S/C30H33FN4O3/c1-22(34(19-23-7-3-2-4-8-23)20-24-11-13-25(31)14-12-24)21-38-30(37)33-17-15-26(16-18-33)35-28-10-6-5-9-27(28)32-29(35)36/h2-14,22,26H,15-21H2,1H3,(H,32,36). The minimum atomic E-state index is -0.331. The van der Waals surface area contributed by atoms with Gasteiger partial charge in [0.15, 0.2) is 0 Å². The van der Waals surface area contributed by atoms with Crippen LogP contribution in [0.15, 0.2) is 83.7 Å². The largest absolute Gasteiger partial charge is 0.448 e. The molecule has 0 saturated carbocycles. The fraction of sp³-hybridized carbons (Fsp3) is 0.333. The first kappa shape index (κ1) is 25.7. The molecule has 1 atom stereocenters. The molecule has 3 aromatic carbocycles. The first-order chi connectivity index (χ1) is 18.5. The number of halogens is 1. The molecule has 1 aromatic heterocycles. The van der Waals surface area contributed by atoms with Crippen molar-refractivity contribution >= 4 is 17.1 Å². The average molecular weight is 517 g/mol. The van der Waals surface area contributed by atoms with Gasteiger partial charge < -0.3 is 14.6 Å². The van der Waals surface area contributed by atoms with Crippen molar-refractivity contribution in [2.45, 2.75) is 44.9 Å². The zero-order valence-electron chi connectivity index (χ0n) is 21.6. The molecule has 0 spiro atoms. The van der Waals surface area contributed by atoms with Crippen LogP contribution < -0.4 is 5.69 Å². The van der Waals surface area contributed by atoms with Gasteiger partial charge >= 0.3 is 11.8 Å². The second-order valence-corrected chi connectivity index (χ2v) is 9.98. The number of likely N-dealkylation sites (tertiary alicyclic amines) is 1. The molecule has 1 amide bonds. The molecule has 5 rings (SSSR count). The summed E-state index contributed by atoms with van der Waals surface area (Å²) in [5.74, 6) is -0.260. The number of aromatic nitrogens is 2. The lowest BCUT2D eigenvalue weighted by molar-refractivity contribution is 0.0567. The van der Waals surface area contributed by atoms with Crippen LogP contribution in [0, 0.1) is 5.82 Å². The van der Waals surface area contributed by atoms with E-state index < -0.39 is 0 Å². The van der Waals surface area contributed by atoms with Gasteiger partial charge in [0.1, 0.15) is 12.4 Å². The topological polar surface area (TPSA) is 70.6 Å². The Bertz CT molecular complexity index is 1410. The maximum Gasteiger partial charge on any atom is 0.409 e. The maximum absolute atomic E-state index is 13.4. The summed E-state index contributed by atoms with van der Waals surface area (Å²) in [6.07, 6.45) is 1.05. The Morgan fingerprint density at radius 1 is 0.974 bits per heavy atom. The smallest absolute Gasteiger partial charge is 0.409 e. The SMILES string of the molecule is CC(COC(=O)N1CCC(n2c(=O)[nH]c3ccccc32)CC1)N(Cc1ccccc1)Cc1ccc(F)cc1. The highest BCUT2D eigenvalue weighted by Crippen LogP contribution is 2.25. The van der Waals surface area contributed by atoms with Crippen LogP contribution in [0.1, 0.15) is 36.9 Å². The molecule has 198 valence electrons. The van der Waals surface area contributed by atoms with Crippen LogP contribution in [-0.4, -0.2) is 51.2 Å². The van der Waals surface area contributed by atoms with E-state index >= 15 is 0 Å². The summed E-state index contributed by atoms with van der Waals surface area (Å²) in [6, 6.07) is 24.3. The Hall–Kier alpha value is -3.91. The van der Waals surface area contributed by atoms with Gasteiger partial charge in [0, 0.05) is 38.3 Å². The van der Waals surface area contributed by atoms with Gasteiger partial charge in [-0.3, -0.25) is 9.47 Å². The number of carbonyl (C=O) groups is 1. The molecule has 2 heterocycles. The highest BCUT2D eigenvalue weighted by molar-refractivity contribution is 5.75. The number of nitrogens with one attached hydrogen (secondary N) is 1. The van der Waals surface area contributed by atoms with Gasteiger partial charge in [0.2, 0.25) is 0 Å². The molecule has 38 heavy (non-hydrogen) atoms. The van der Waals surface area contributed by atoms with E-state index in [1.807, 2.05) is 54.0 Å². The number of carbonyl (C=O) groups excluding carboxylic acids is 1. The van der Waals surface area contributed by atoms with Gasteiger partial charge in [-0.05, 0) is 55.2 Å². The van der Waals surface area contributed by atoms with Crippen LogP contribution in [0.5, 0.6) is 0 Å². The predicted molar refractivity (Wildman–Crippen MR) is 145 cm³/mol. The van der Waals surface area contributed by atoms with Gasteiger partial charge in [0.05, 0.1) is 11.0 Å². The summed E-state index contributed by atoms with van der Waals surface area (Å²) >= 11 is 0. The summed E-state index contributed by atoms with van der Waals surface area (Å²) in [6.45, 7) is 4.64. The minimum Gasteiger partial charge on any atom is -0.448 e. The molecule has 0 radical (unpaired) electrons. The molecule has 1 unspecified atom stereocenters. The van der Waals surface area contributed by atoms with Gasteiger partial charge in [0.25, 0.3) is 0 Å². The van der Waals surface area contributed by atoms with Crippen molar-refractivity contribution in [2.24, 2.45) is 0 Å². The number of rotatable bonds is 8. The maximum atomic E-state index is 13.4. The Morgan fingerprint density at radius 3 is 2.32 bits per heavy atom. The fourth-order valence-corrected chi connectivity index (χ4v) is 5.14. The van der Waals surface area contributed by atoms with E-state index in [1.165, 1.54) is 12.1 Å². The van der Waals surface area contributed by atoms with Crippen molar-refractivity contribution < 1.29 is 13.9 Å². The van der Waals surface area contributed by atoms with Gasteiger partial charge in [-0.25, -0.2) is 14.0 Å². The predicted octanol–water partition coefficient (Wildman–Crippen LogP) is 5.33. The number of fused-ring (bicyclic) bond motifs is 1. The Labute approximate surface area is 221 Å². The molecule has 1 aliphatic heterocycles. The van der Waals surface area contributed by atoms with Crippen molar-refractivity contribution in [1.82, 2.24) is 19.4 Å². The third kappa shape index (κ3) is 5.97. The minimum absolute atomic E-state index is 0.0405. The Morgan fingerprint density at radius 2 is 1.61 bits per heavy atom. The van der Waals surface area contributed by atoms with Gasteiger partial charge in [-0.2, -0.15) is 0 Å². The number of nitrogens with zero attached hydrogens (tertiary/aromatic N) is 3. The van der Waals surface area contributed by atoms with E-state index in [0.717, 1.165) is 22.2 Å². The summed E-state index contributed by atoms with van der Waals surface area (Å²) in [5.41, 5.74) is 3.76. The summed E-state index contributed by atoms with van der Waals surface area (Å²) in [4.78, 5) is 32.3. The van der Waals surface area contributed by atoms with E-state index in [4.69, 9.17) is 4.74 Å². The molecule has 0 bridgehead atoms. The number of aromatic amines is 1. The van der Waals surface area contributed by atoms with Crippen molar-refractivity contribution in [3.63, 3.8) is 0 Å². The van der Waals surface area contributed by atoms with Gasteiger partial charge in [-0.1, -0.05) is 54.6 Å². The molecule has 1 fully saturated rings. The number of amides is 1. The van der Waals surface area contributed by atoms with Crippen LogP contribution in [0.25, 0.3) is 11.0 Å². The van der Waals surface area contributed by atoms with Crippen LogP contribution >= 0.6 is 0 Å². The fourth-order valence-electron chi connectivity index (χ4n) is 5.14. The van der Waals surface area contributed by atoms with E-state index in [9.17, 15) is 14.0 Å². The number of piperidine rings is 1. The summed E-state index contributed by atoms with van der Waals surface area (Å²) < 4.78 is 21.0. The Kier molecular flexibility index (Phi) is 7.89. The normalized spacial score (nSPS) is 15.2. The molecular formula is C30H33FN4O3. The van der Waals surface area contributed by atoms with Crippen LogP contribution in [-0.2, 0) is 17.8 Å².